The van der Waals surface area contributed by atoms with E-state index in [1.165, 1.54) is 11.1 Å². The molecule has 0 heterocycles. The van der Waals surface area contributed by atoms with Crippen LogP contribution in [0, 0.1) is 0 Å². The van der Waals surface area contributed by atoms with Crippen LogP contribution in [0.4, 0.5) is 5.69 Å². The number of aliphatic hydroxyl groups is 1. The molecule has 0 aromatic heterocycles. The van der Waals surface area contributed by atoms with Crippen LogP contribution in [0.1, 0.15) is 36.1 Å². The van der Waals surface area contributed by atoms with Crippen LogP contribution >= 0.6 is 0 Å². The second-order valence-electron chi connectivity index (χ2n) is 5.80. The van der Waals surface area contributed by atoms with Crippen molar-refractivity contribution >= 4 is 5.69 Å². The summed E-state index contributed by atoms with van der Waals surface area (Å²) in [5, 5.41) is 23.0. The van der Waals surface area contributed by atoms with Crippen LogP contribution in [-0.4, -0.2) is 16.3 Å². The van der Waals surface area contributed by atoms with Crippen LogP contribution in [0.25, 0.3) is 0 Å². The van der Waals surface area contributed by atoms with Gasteiger partial charge in [-0.15, -0.1) is 0 Å². The summed E-state index contributed by atoms with van der Waals surface area (Å²) in [7, 11) is 0. The molecule has 0 fully saturated rings. The second-order valence-corrected chi connectivity index (χ2v) is 5.80. The normalized spacial score (nSPS) is 18.9. The van der Waals surface area contributed by atoms with Gasteiger partial charge in [0.2, 0.25) is 0 Å². The first kappa shape index (κ1) is 14.0. The monoisotopic (exact) mass is 283 g/mol. The zero-order valence-electron chi connectivity index (χ0n) is 12.2. The number of aromatic hydroxyl groups is 1. The number of hydrogen-bond acceptors (Lipinski definition) is 3. The molecule has 1 aliphatic rings. The molecule has 2 atom stereocenters. The molecule has 3 heteroatoms. The van der Waals surface area contributed by atoms with E-state index >= 15 is 0 Å². The van der Waals surface area contributed by atoms with Crippen molar-refractivity contribution in [3.63, 3.8) is 0 Å². The topological polar surface area (TPSA) is 52.5 Å². The highest BCUT2D eigenvalue weighted by Crippen LogP contribution is 2.29. The van der Waals surface area contributed by atoms with Gasteiger partial charge >= 0.3 is 0 Å². The number of rotatable bonds is 3. The Kier molecular flexibility index (Phi) is 3.84. The maximum absolute atomic E-state index is 9.86. The van der Waals surface area contributed by atoms with Gasteiger partial charge in [0.05, 0.1) is 6.10 Å². The number of hydrogen-bond donors (Lipinski definition) is 3. The fourth-order valence-electron chi connectivity index (χ4n) is 3.08. The largest absolute Gasteiger partial charge is 0.508 e. The Morgan fingerprint density at radius 2 is 1.95 bits per heavy atom. The first-order valence-electron chi connectivity index (χ1n) is 7.48. The van der Waals surface area contributed by atoms with Crippen LogP contribution in [0.2, 0.25) is 0 Å². The lowest BCUT2D eigenvalue weighted by Gasteiger charge is -2.27. The molecule has 0 saturated heterocycles. The standard InChI is InChI=1S/C18H21NO2/c1-12(20)17-4-2-3-5-18(17)19-15-8-6-13-7-9-16(21)11-14(13)10-15/h2-5,7,9,11-12,15,19-21H,6,8,10H2,1H3. The summed E-state index contributed by atoms with van der Waals surface area (Å²) in [6, 6.07) is 13.9. The highest BCUT2D eigenvalue weighted by Gasteiger charge is 2.20. The third-order valence-corrected chi connectivity index (χ3v) is 4.19. The minimum atomic E-state index is -0.478. The van der Waals surface area contributed by atoms with E-state index in [9.17, 15) is 10.2 Å². The van der Waals surface area contributed by atoms with Gasteiger partial charge in [0.15, 0.2) is 0 Å². The molecule has 110 valence electrons. The van der Waals surface area contributed by atoms with Crippen molar-refractivity contribution in [2.75, 3.05) is 5.32 Å². The van der Waals surface area contributed by atoms with Gasteiger partial charge < -0.3 is 15.5 Å². The highest BCUT2D eigenvalue weighted by atomic mass is 16.3. The van der Waals surface area contributed by atoms with Gasteiger partial charge in [0.1, 0.15) is 5.75 Å². The number of anilines is 1. The number of aliphatic hydroxyl groups excluding tert-OH is 1. The molecule has 3 N–H and O–H groups in total. The zero-order valence-corrected chi connectivity index (χ0v) is 12.2. The molecular weight excluding hydrogens is 262 g/mol. The van der Waals surface area contributed by atoms with Gasteiger partial charge in [-0.1, -0.05) is 24.3 Å². The Bertz CT molecular complexity index is 637. The van der Waals surface area contributed by atoms with Crippen molar-refractivity contribution < 1.29 is 10.2 Å². The Morgan fingerprint density at radius 1 is 1.14 bits per heavy atom. The molecule has 21 heavy (non-hydrogen) atoms. The van der Waals surface area contributed by atoms with Crippen molar-refractivity contribution in [2.45, 2.75) is 38.3 Å². The summed E-state index contributed by atoms with van der Waals surface area (Å²) >= 11 is 0. The van der Waals surface area contributed by atoms with Crippen molar-refractivity contribution in [3.05, 3.63) is 59.2 Å². The average molecular weight is 283 g/mol. The Hall–Kier alpha value is -2.00. The van der Waals surface area contributed by atoms with Crippen molar-refractivity contribution in [3.8, 4) is 5.75 Å². The van der Waals surface area contributed by atoms with Gasteiger partial charge in [0, 0.05) is 17.3 Å². The summed E-state index contributed by atoms with van der Waals surface area (Å²) in [6.07, 6.45) is 2.50. The maximum Gasteiger partial charge on any atom is 0.115 e. The number of para-hydroxylation sites is 1. The number of phenols is 1. The first-order valence-corrected chi connectivity index (χ1v) is 7.48. The molecule has 0 amide bonds. The summed E-state index contributed by atoms with van der Waals surface area (Å²) in [5.74, 6) is 0.332. The molecule has 0 saturated carbocycles. The minimum absolute atomic E-state index is 0.332. The van der Waals surface area contributed by atoms with E-state index in [2.05, 4.69) is 5.32 Å². The SMILES string of the molecule is CC(O)c1ccccc1NC1CCc2ccc(O)cc2C1. The van der Waals surface area contributed by atoms with Crippen LogP contribution < -0.4 is 5.32 Å². The predicted molar refractivity (Wildman–Crippen MR) is 84.6 cm³/mol. The molecule has 0 radical (unpaired) electrons. The van der Waals surface area contributed by atoms with Crippen LogP contribution in [0.3, 0.4) is 0 Å². The third-order valence-electron chi connectivity index (χ3n) is 4.19. The molecule has 1 aliphatic carbocycles. The Balaban J connectivity index is 1.78. The zero-order chi connectivity index (χ0) is 14.8. The van der Waals surface area contributed by atoms with Crippen molar-refractivity contribution in [1.82, 2.24) is 0 Å². The van der Waals surface area contributed by atoms with E-state index in [1.54, 1.807) is 13.0 Å². The lowest BCUT2D eigenvalue weighted by atomic mass is 9.88. The van der Waals surface area contributed by atoms with Crippen molar-refractivity contribution in [1.29, 1.82) is 0 Å². The number of fused-ring (bicyclic) bond motifs is 1. The van der Waals surface area contributed by atoms with Gasteiger partial charge in [-0.05, 0) is 55.5 Å². The molecule has 2 aromatic rings. The Labute approximate surface area is 125 Å². The summed E-state index contributed by atoms with van der Waals surface area (Å²) in [5.41, 5.74) is 4.48. The molecule has 0 bridgehead atoms. The summed E-state index contributed by atoms with van der Waals surface area (Å²) in [4.78, 5) is 0. The number of aryl methyl sites for hydroxylation is 1. The quantitative estimate of drug-likeness (QED) is 0.809. The summed E-state index contributed by atoms with van der Waals surface area (Å²) in [6.45, 7) is 1.79. The molecule has 2 unspecified atom stereocenters. The number of nitrogens with one attached hydrogen (secondary N) is 1. The fraction of sp³-hybridized carbons (Fsp3) is 0.333. The van der Waals surface area contributed by atoms with E-state index in [0.717, 1.165) is 30.5 Å². The van der Waals surface area contributed by atoms with Crippen LogP contribution in [0.5, 0.6) is 5.75 Å². The third kappa shape index (κ3) is 3.03. The molecule has 2 aromatic carbocycles. The predicted octanol–water partition coefficient (Wildman–Crippen LogP) is 3.41. The average Bonchev–Trinajstić information content (AvgIpc) is 2.47. The summed E-state index contributed by atoms with van der Waals surface area (Å²) < 4.78 is 0. The van der Waals surface area contributed by atoms with Crippen molar-refractivity contribution in [2.24, 2.45) is 0 Å². The van der Waals surface area contributed by atoms with E-state index in [4.69, 9.17) is 0 Å². The van der Waals surface area contributed by atoms with Gasteiger partial charge in [-0.2, -0.15) is 0 Å². The number of phenolic OH excluding ortho intramolecular Hbond substituents is 1. The lowest BCUT2D eigenvalue weighted by molar-refractivity contribution is 0.200. The lowest BCUT2D eigenvalue weighted by Crippen LogP contribution is -2.27. The van der Waals surface area contributed by atoms with Crippen LogP contribution in [0.15, 0.2) is 42.5 Å². The molecule has 3 rings (SSSR count). The van der Waals surface area contributed by atoms with E-state index in [1.807, 2.05) is 36.4 Å². The Morgan fingerprint density at radius 3 is 2.76 bits per heavy atom. The van der Waals surface area contributed by atoms with Gasteiger partial charge in [-0.25, -0.2) is 0 Å². The molecule has 0 spiro atoms. The molecule has 0 aliphatic heterocycles. The molecule has 3 nitrogen and oxygen atoms in total. The van der Waals surface area contributed by atoms with Gasteiger partial charge in [-0.3, -0.25) is 0 Å². The maximum atomic E-state index is 9.86. The van der Waals surface area contributed by atoms with E-state index < -0.39 is 6.10 Å². The van der Waals surface area contributed by atoms with E-state index in [0.29, 0.717) is 11.8 Å². The number of benzene rings is 2. The van der Waals surface area contributed by atoms with Crippen LogP contribution in [-0.2, 0) is 12.8 Å². The van der Waals surface area contributed by atoms with E-state index in [-0.39, 0.29) is 0 Å². The fourth-order valence-corrected chi connectivity index (χ4v) is 3.08. The first-order chi connectivity index (χ1) is 10.1. The second kappa shape index (κ2) is 5.78. The minimum Gasteiger partial charge on any atom is -0.508 e. The molecular formula is C18H21NO2. The van der Waals surface area contributed by atoms with Gasteiger partial charge in [0.25, 0.3) is 0 Å². The highest BCUT2D eigenvalue weighted by molar-refractivity contribution is 5.53. The smallest absolute Gasteiger partial charge is 0.115 e.